The van der Waals surface area contributed by atoms with E-state index in [0.29, 0.717) is 17.0 Å². The zero-order valence-corrected chi connectivity index (χ0v) is 16.9. The van der Waals surface area contributed by atoms with Crippen molar-refractivity contribution in [2.75, 3.05) is 18.5 Å². The van der Waals surface area contributed by atoms with Crippen LogP contribution in [0.15, 0.2) is 66.7 Å². The summed E-state index contributed by atoms with van der Waals surface area (Å²) in [7, 11) is 0. The molecule has 0 aliphatic carbocycles. The van der Waals surface area contributed by atoms with E-state index in [1.54, 1.807) is 62.4 Å². The van der Waals surface area contributed by atoms with E-state index in [2.05, 4.69) is 5.32 Å². The molecule has 30 heavy (non-hydrogen) atoms. The molecule has 0 saturated carbocycles. The average molecular weight is 414 g/mol. The van der Waals surface area contributed by atoms with Gasteiger partial charge in [0.05, 0.1) is 6.61 Å². The van der Waals surface area contributed by atoms with E-state index in [1.807, 2.05) is 6.07 Å². The van der Waals surface area contributed by atoms with E-state index in [9.17, 15) is 9.59 Å². The zero-order valence-electron chi connectivity index (χ0n) is 16.9. The minimum absolute atomic E-state index is 0.0726. The van der Waals surface area contributed by atoms with Crippen molar-refractivity contribution in [1.82, 2.24) is 5.48 Å². The fraction of sp³-hybridized carbons (Fsp3) is 0.273. The maximum Gasteiger partial charge on any atom is 0.412 e. The molecule has 0 fully saturated rings. The second-order valence-corrected chi connectivity index (χ2v) is 7.02. The quantitative estimate of drug-likeness (QED) is 0.284. The number of para-hydroxylation sites is 2. The Morgan fingerprint density at radius 1 is 1.10 bits per heavy atom. The molecule has 0 aliphatic heterocycles. The number of carbonyl (C=O) groups is 2. The second-order valence-electron chi connectivity index (χ2n) is 7.02. The Hall–Kier alpha value is -3.36. The summed E-state index contributed by atoms with van der Waals surface area (Å²) in [5.74, 6) is -0.266. The van der Waals surface area contributed by atoms with Crippen molar-refractivity contribution in [1.29, 1.82) is 0 Å². The van der Waals surface area contributed by atoms with Crippen LogP contribution in [0.25, 0.3) is 0 Å². The molecule has 0 bridgehead atoms. The first-order valence-corrected chi connectivity index (χ1v) is 9.36. The number of benzene rings is 2. The molecule has 0 spiro atoms. The highest BCUT2D eigenvalue weighted by atomic mass is 16.6. The molecule has 2 aromatic carbocycles. The van der Waals surface area contributed by atoms with Gasteiger partial charge in [-0.25, -0.2) is 10.3 Å². The van der Waals surface area contributed by atoms with Crippen molar-refractivity contribution in [3.63, 3.8) is 0 Å². The van der Waals surface area contributed by atoms with Crippen LogP contribution in [0.5, 0.6) is 5.75 Å². The van der Waals surface area contributed by atoms with Gasteiger partial charge in [-0.05, 0) is 18.2 Å². The fourth-order valence-electron chi connectivity index (χ4n) is 2.79. The first kappa shape index (κ1) is 22.9. The number of aliphatic hydroxyl groups is 1. The number of hydrogen-bond acceptors (Lipinski definition) is 6. The van der Waals surface area contributed by atoms with Crippen molar-refractivity contribution < 1.29 is 29.4 Å². The smallest absolute Gasteiger partial charge is 0.412 e. The van der Waals surface area contributed by atoms with Gasteiger partial charge in [0.25, 0.3) is 5.91 Å². The Labute approximate surface area is 175 Å². The molecule has 160 valence electrons. The Kier molecular flexibility index (Phi) is 8.40. The van der Waals surface area contributed by atoms with Crippen molar-refractivity contribution in [2.45, 2.75) is 20.0 Å². The minimum atomic E-state index is -0.862. The molecule has 8 heteroatoms. The Balaban J connectivity index is 2.36. The first-order valence-electron chi connectivity index (χ1n) is 9.36. The second kappa shape index (κ2) is 11.0. The third-order valence-corrected chi connectivity index (χ3v) is 4.25. The van der Waals surface area contributed by atoms with Gasteiger partial charge in [0.15, 0.2) is 0 Å². The number of hydrogen-bond donors (Lipinski definition) is 4. The van der Waals surface area contributed by atoms with Crippen molar-refractivity contribution in [3.05, 3.63) is 72.3 Å². The van der Waals surface area contributed by atoms with Gasteiger partial charge in [0, 0.05) is 22.7 Å². The number of hydroxylamine groups is 1. The van der Waals surface area contributed by atoms with Gasteiger partial charge in [-0.2, -0.15) is 0 Å². The van der Waals surface area contributed by atoms with Crippen LogP contribution in [0.3, 0.4) is 0 Å². The van der Waals surface area contributed by atoms with Gasteiger partial charge in [0.1, 0.15) is 18.5 Å². The van der Waals surface area contributed by atoms with E-state index in [4.69, 9.17) is 19.8 Å². The predicted molar refractivity (Wildman–Crippen MR) is 111 cm³/mol. The number of amides is 2. The Bertz CT molecular complexity index is 867. The standard InChI is InChI=1S/C22H26N2O6/c1-22(2,13-12-19(26)24-28)20(17-10-6-7-11-18(17)29-15-14-25)30-21(27)23-16-8-4-3-5-9-16/h3-13,20,25,28H,14-15H2,1-2H3,(H,23,27)(H,24,26)/b13-12+/t20-/m0/s1. The van der Waals surface area contributed by atoms with Crippen LogP contribution >= 0.6 is 0 Å². The molecule has 4 N–H and O–H groups in total. The van der Waals surface area contributed by atoms with E-state index >= 15 is 0 Å². The summed E-state index contributed by atoms with van der Waals surface area (Å²) in [6.07, 6.45) is 1.15. The number of aliphatic hydroxyl groups excluding tert-OH is 1. The molecule has 0 unspecified atom stereocenters. The molecule has 2 amide bonds. The molecule has 2 rings (SSSR count). The highest BCUT2D eigenvalue weighted by Crippen LogP contribution is 2.42. The van der Waals surface area contributed by atoms with Gasteiger partial charge in [-0.1, -0.05) is 56.3 Å². The molecule has 1 atom stereocenters. The van der Waals surface area contributed by atoms with Crippen LogP contribution in [0.2, 0.25) is 0 Å². The summed E-state index contributed by atoms with van der Waals surface area (Å²) in [4.78, 5) is 24.1. The van der Waals surface area contributed by atoms with Crippen molar-refractivity contribution in [3.8, 4) is 5.75 Å². The van der Waals surface area contributed by atoms with Crippen molar-refractivity contribution in [2.24, 2.45) is 5.41 Å². The molecule has 0 saturated heterocycles. The lowest BCUT2D eigenvalue weighted by atomic mass is 9.81. The maximum absolute atomic E-state index is 12.6. The van der Waals surface area contributed by atoms with Crippen LogP contribution in [0, 0.1) is 5.41 Å². The molecule has 0 heterocycles. The highest BCUT2D eigenvalue weighted by molar-refractivity contribution is 5.86. The molecular formula is C22H26N2O6. The number of carbonyl (C=O) groups excluding carboxylic acids is 2. The van der Waals surface area contributed by atoms with Crippen LogP contribution in [0.4, 0.5) is 10.5 Å². The topological polar surface area (TPSA) is 117 Å². The number of ether oxygens (including phenoxy) is 2. The lowest BCUT2D eigenvalue weighted by Crippen LogP contribution is -2.28. The highest BCUT2D eigenvalue weighted by Gasteiger charge is 2.34. The molecule has 0 radical (unpaired) electrons. The SMILES string of the molecule is CC(C)(/C=C/C(=O)NO)[C@@H](OC(=O)Nc1ccccc1)c1ccccc1OCCO. The van der Waals surface area contributed by atoms with E-state index in [-0.39, 0.29) is 13.2 Å². The third kappa shape index (κ3) is 6.61. The number of nitrogens with one attached hydrogen (secondary N) is 2. The van der Waals surface area contributed by atoms with Crippen molar-refractivity contribution >= 4 is 17.7 Å². The van der Waals surface area contributed by atoms with Crippen LogP contribution in [-0.4, -0.2) is 35.5 Å². The molecule has 0 aliphatic rings. The summed E-state index contributed by atoms with van der Waals surface area (Å²) in [5, 5.41) is 20.5. The molecule has 8 nitrogen and oxygen atoms in total. The zero-order chi connectivity index (χ0) is 22.0. The summed E-state index contributed by atoms with van der Waals surface area (Å²) < 4.78 is 11.4. The maximum atomic E-state index is 12.6. The monoisotopic (exact) mass is 414 g/mol. The first-order chi connectivity index (χ1) is 14.4. The number of anilines is 1. The number of rotatable bonds is 9. The van der Waals surface area contributed by atoms with E-state index in [1.165, 1.54) is 11.6 Å². The van der Waals surface area contributed by atoms with Crippen LogP contribution in [-0.2, 0) is 9.53 Å². The van der Waals surface area contributed by atoms with Crippen LogP contribution < -0.4 is 15.5 Å². The minimum Gasteiger partial charge on any atom is -0.491 e. The largest absolute Gasteiger partial charge is 0.491 e. The molecule has 2 aromatic rings. The van der Waals surface area contributed by atoms with Gasteiger partial charge < -0.3 is 14.6 Å². The lowest BCUT2D eigenvalue weighted by Gasteiger charge is -2.32. The van der Waals surface area contributed by atoms with Gasteiger partial charge in [0.2, 0.25) is 0 Å². The van der Waals surface area contributed by atoms with Gasteiger partial charge in [-0.15, -0.1) is 0 Å². The summed E-state index contributed by atoms with van der Waals surface area (Å²) >= 11 is 0. The molecule has 0 aromatic heterocycles. The normalized spacial score (nSPS) is 12.3. The summed E-state index contributed by atoms with van der Waals surface area (Å²) in [5.41, 5.74) is 1.80. The molecular weight excluding hydrogens is 388 g/mol. The summed E-state index contributed by atoms with van der Waals surface area (Å²) in [6, 6.07) is 15.8. The third-order valence-electron chi connectivity index (χ3n) is 4.25. The van der Waals surface area contributed by atoms with E-state index in [0.717, 1.165) is 6.08 Å². The van der Waals surface area contributed by atoms with Gasteiger partial charge >= 0.3 is 6.09 Å². The Morgan fingerprint density at radius 3 is 2.43 bits per heavy atom. The van der Waals surface area contributed by atoms with E-state index < -0.39 is 23.5 Å². The summed E-state index contributed by atoms with van der Waals surface area (Å²) in [6.45, 7) is 3.45. The average Bonchev–Trinajstić information content (AvgIpc) is 2.75. The van der Waals surface area contributed by atoms with Crippen LogP contribution in [0.1, 0.15) is 25.5 Å². The predicted octanol–water partition coefficient (Wildman–Crippen LogP) is 3.44. The Morgan fingerprint density at radius 2 is 1.77 bits per heavy atom. The van der Waals surface area contributed by atoms with Gasteiger partial charge in [-0.3, -0.25) is 15.3 Å². The lowest BCUT2D eigenvalue weighted by molar-refractivity contribution is -0.124. The fourth-order valence-corrected chi connectivity index (χ4v) is 2.79.